The van der Waals surface area contributed by atoms with E-state index >= 15 is 0 Å². The Bertz CT molecular complexity index is 1720. The van der Waals surface area contributed by atoms with Gasteiger partial charge in [0.05, 0.1) is 16.0 Å². The molecule has 1 N–H and O–H groups in total. The monoisotopic (exact) mass is 771 g/mol. The van der Waals surface area contributed by atoms with Gasteiger partial charge in [-0.05, 0) is 112 Å². The number of carbonyl (C=O) groups excluding carboxylic acids is 3. The largest absolute Gasteiger partial charge is 0.490 e. The molecule has 1 heterocycles. The Hall–Kier alpha value is -3.66. The van der Waals surface area contributed by atoms with Crippen LogP contribution in [0.2, 0.25) is 15.1 Å². The first kappa shape index (κ1) is 39.5. The molecule has 1 saturated heterocycles. The van der Waals surface area contributed by atoms with E-state index in [2.05, 4.69) is 5.32 Å². The number of amides is 3. The maximum absolute atomic E-state index is 14.7. The number of nitrogens with zero attached hydrogens (tertiary/aromatic N) is 2. The molecule has 5 rings (SSSR count). The van der Waals surface area contributed by atoms with E-state index in [1.807, 2.05) is 75.1 Å². The van der Waals surface area contributed by atoms with Crippen LogP contribution in [0.15, 0.2) is 54.6 Å². The smallest absolute Gasteiger partial charge is 0.410 e. The van der Waals surface area contributed by atoms with Crippen LogP contribution in [0.1, 0.15) is 75.1 Å². The van der Waals surface area contributed by atoms with E-state index in [0.717, 1.165) is 35.1 Å². The van der Waals surface area contributed by atoms with Crippen LogP contribution in [0.3, 0.4) is 0 Å². The van der Waals surface area contributed by atoms with Gasteiger partial charge in [0.15, 0.2) is 5.75 Å². The Kier molecular flexibility index (Phi) is 13.3. The molecule has 12 heteroatoms. The summed E-state index contributed by atoms with van der Waals surface area (Å²) in [4.78, 5) is 42.9. The van der Waals surface area contributed by atoms with Crippen LogP contribution in [0, 0.1) is 12.8 Å². The third kappa shape index (κ3) is 10.9. The van der Waals surface area contributed by atoms with Crippen molar-refractivity contribution in [2.45, 2.75) is 84.4 Å². The maximum atomic E-state index is 14.7. The van der Waals surface area contributed by atoms with Crippen molar-refractivity contribution in [3.63, 3.8) is 0 Å². The molecule has 3 aromatic rings. The van der Waals surface area contributed by atoms with Crippen molar-refractivity contribution in [3.05, 3.63) is 91.9 Å². The second-order valence-corrected chi connectivity index (χ2v) is 15.8. The first-order valence-corrected chi connectivity index (χ1v) is 18.9. The van der Waals surface area contributed by atoms with E-state index in [1.54, 1.807) is 17.0 Å². The van der Waals surface area contributed by atoms with Crippen LogP contribution < -0.4 is 14.8 Å². The molecular formula is C40H48Cl3N3O6. The van der Waals surface area contributed by atoms with Crippen LogP contribution in [-0.2, 0) is 27.3 Å². The number of hydrogen-bond donors (Lipinski definition) is 1. The molecule has 1 aliphatic carbocycles. The van der Waals surface area contributed by atoms with Crippen molar-refractivity contribution >= 4 is 52.7 Å². The number of aryl methyl sites for hydroxylation is 1. The highest BCUT2D eigenvalue weighted by atomic mass is 35.5. The molecule has 2 unspecified atom stereocenters. The van der Waals surface area contributed by atoms with Crippen molar-refractivity contribution in [3.8, 4) is 11.5 Å². The van der Waals surface area contributed by atoms with Gasteiger partial charge in [0.1, 0.15) is 24.6 Å². The predicted octanol–water partition coefficient (Wildman–Crippen LogP) is 8.62. The number of piperidine rings is 1. The number of hydrogen-bond acceptors (Lipinski definition) is 6. The Balaban J connectivity index is 1.31. The normalized spacial score (nSPS) is 17.3. The van der Waals surface area contributed by atoms with E-state index in [0.29, 0.717) is 59.0 Å². The van der Waals surface area contributed by atoms with E-state index in [4.69, 9.17) is 49.0 Å². The first-order chi connectivity index (χ1) is 24.7. The summed E-state index contributed by atoms with van der Waals surface area (Å²) in [6.45, 7) is 11.0. The quantitative estimate of drug-likeness (QED) is 0.175. The molecule has 2 aliphatic rings. The molecule has 9 nitrogen and oxygen atoms in total. The van der Waals surface area contributed by atoms with Gasteiger partial charge in [0, 0.05) is 44.2 Å². The third-order valence-electron chi connectivity index (χ3n) is 9.14. The standard InChI is InChI=1S/C40H48Cl3N3O6/c1-25-20-35(42)37(36(43)21-25)51-19-18-50-31-11-7-28(8-12-31)32-15-17-45(39(49)52-40(3,4)5)24-33(32)38(48)46(30-9-10-30)23-29-22-27(6-13-34(29)41)14-16-44-26(2)47/h6-8,11-13,20-22,30,32-33H,9-10,14-19,23-24H2,1-5H3,(H,44,47). The molecule has 2 atom stereocenters. The first-order valence-electron chi connectivity index (χ1n) is 17.8. The van der Waals surface area contributed by atoms with Crippen molar-refractivity contribution < 1.29 is 28.6 Å². The molecule has 52 heavy (non-hydrogen) atoms. The van der Waals surface area contributed by atoms with Crippen LogP contribution >= 0.6 is 34.8 Å². The number of carbonyl (C=O) groups is 3. The lowest BCUT2D eigenvalue weighted by Gasteiger charge is -2.40. The lowest BCUT2D eigenvalue weighted by Crippen LogP contribution is -2.51. The number of likely N-dealkylation sites (tertiary alicyclic amines) is 1. The zero-order valence-electron chi connectivity index (χ0n) is 30.5. The number of benzene rings is 3. The summed E-state index contributed by atoms with van der Waals surface area (Å²) in [7, 11) is 0. The van der Waals surface area contributed by atoms with Crippen molar-refractivity contribution in [1.82, 2.24) is 15.1 Å². The molecule has 0 aromatic heterocycles. The molecular weight excluding hydrogens is 725 g/mol. The maximum Gasteiger partial charge on any atom is 0.410 e. The lowest BCUT2D eigenvalue weighted by molar-refractivity contribution is -0.139. The summed E-state index contributed by atoms with van der Waals surface area (Å²) in [5.41, 5.74) is 3.17. The van der Waals surface area contributed by atoms with Crippen molar-refractivity contribution in [2.24, 2.45) is 5.92 Å². The lowest BCUT2D eigenvalue weighted by atomic mass is 9.79. The molecule has 280 valence electrons. The fourth-order valence-corrected chi connectivity index (χ4v) is 7.37. The summed E-state index contributed by atoms with van der Waals surface area (Å²) in [5, 5.41) is 4.32. The second-order valence-electron chi connectivity index (χ2n) is 14.6. The zero-order valence-corrected chi connectivity index (χ0v) is 32.7. The summed E-state index contributed by atoms with van der Waals surface area (Å²) >= 11 is 19.3. The van der Waals surface area contributed by atoms with Gasteiger partial charge in [-0.1, -0.05) is 59.1 Å². The highest BCUT2D eigenvalue weighted by Gasteiger charge is 2.43. The van der Waals surface area contributed by atoms with Gasteiger partial charge in [-0.3, -0.25) is 9.59 Å². The van der Waals surface area contributed by atoms with Gasteiger partial charge in [-0.2, -0.15) is 0 Å². The third-order valence-corrected chi connectivity index (χ3v) is 10.1. The Morgan fingerprint density at radius 2 is 1.58 bits per heavy atom. The summed E-state index contributed by atoms with van der Waals surface area (Å²) in [6.07, 6.45) is 2.66. The minimum absolute atomic E-state index is 0.00798. The van der Waals surface area contributed by atoms with Gasteiger partial charge in [-0.15, -0.1) is 0 Å². The minimum Gasteiger partial charge on any atom is -0.490 e. The van der Waals surface area contributed by atoms with Crippen LogP contribution in [0.4, 0.5) is 4.79 Å². The van der Waals surface area contributed by atoms with Crippen molar-refractivity contribution in [1.29, 1.82) is 0 Å². The van der Waals surface area contributed by atoms with E-state index in [1.165, 1.54) is 6.92 Å². The van der Waals surface area contributed by atoms with Gasteiger partial charge >= 0.3 is 6.09 Å². The topological polar surface area (TPSA) is 97.4 Å². The fourth-order valence-electron chi connectivity index (χ4n) is 6.49. The number of halogens is 3. The number of rotatable bonds is 13. The Morgan fingerprint density at radius 1 is 0.904 bits per heavy atom. The van der Waals surface area contributed by atoms with E-state index in [-0.39, 0.29) is 43.5 Å². The minimum atomic E-state index is -0.658. The van der Waals surface area contributed by atoms with E-state index in [9.17, 15) is 14.4 Å². The van der Waals surface area contributed by atoms with E-state index < -0.39 is 17.6 Å². The summed E-state index contributed by atoms with van der Waals surface area (Å²) in [6, 6.07) is 17.3. The van der Waals surface area contributed by atoms with Gasteiger partial charge in [0.2, 0.25) is 11.8 Å². The fraction of sp³-hybridized carbons (Fsp3) is 0.475. The molecule has 0 bridgehead atoms. The summed E-state index contributed by atoms with van der Waals surface area (Å²) < 4.78 is 17.5. The Labute approximate surface area is 321 Å². The summed E-state index contributed by atoms with van der Waals surface area (Å²) in [5.74, 6) is 0.382. The van der Waals surface area contributed by atoms with Crippen LogP contribution in [0.5, 0.6) is 11.5 Å². The Morgan fingerprint density at radius 3 is 2.21 bits per heavy atom. The second kappa shape index (κ2) is 17.4. The predicted molar refractivity (Wildman–Crippen MR) is 205 cm³/mol. The molecule has 3 amide bonds. The van der Waals surface area contributed by atoms with Gasteiger partial charge in [0.25, 0.3) is 0 Å². The zero-order chi connectivity index (χ0) is 37.6. The molecule has 0 spiro atoms. The molecule has 3 aromatic carbocycles. The molecule has 1 saturated carbocycles. The highest BCUT2D eigenvalue weighted by Crippen LogP contribution is 2.39. The molecule has 1 aliphatic heterocycles. The SMILES string of the molecule is CC(=O)NCCc1ccc(Cl)c(CN(C(=O)C2CN(C(=O)OC(C)(C)C)CCC2c2ccc(OCCOc3c(Cl)cc(C)cc3Cl)cc2)C2CC2)c1. The van der Waals surface area contributed by atoms with Crippen molar-refractivity contribution in [2.75, 3.05) is 32.8 Å². The molecule has 2 fully saturated rings. The van der Waals surface area contributed by atoms with Gasteiger partial charge in [-0.25, -0.2) is 4.79 Å². The number of ether oxygens (including phenoxy) is 3. The molecule has 0 radical (unpaired) electrons. The van der Waals surface area contributed by atoms with Crippen LogP contribution in [0.25, 0.3) is 0 Å². The average Bonchev–Trinajstić information content (AvgIpc) is 3.92. The van der Waals surface area contributed by atoms with Crippen LogP contribution in [-0.4, -0.2) is 72.2 Å². The number of nitrogens with one attached hydrogen (secondary N) is 1. The average molecular weight is 773 g/mol. The highest BCUT2D eigenvalue weighted by molar-refractivity contribution is 6.37. The van der Waals surface area contributed by atoms with Gasteiger partial charge < -0.3 is 29.3 Å².